The van der Waals surface area contributed by atoms with Crippen LogP contribution in [0.15, 0.2) is 57.9 Å². The van der Waals surface area contributed by atoms with E-state index in [1.54, 1.807) is 24.3 Å². The first-order chi connectivity index (χ1) is 13.3. The van der Waals surface area contributed by atoms with E-state index in [0.717, 1.165) is 16.5 Å². The molecule has 1 aliphatic rings. The predicted octanol–water partition coefficient (Wildman–Crippen LogP) is 3.80. The van der Waals surface area contributed by atoms with E-state index >= 15 is 0 Å². The third-order valence-electron chi connectivity index (χ3n) is 4.81. The van der Waals surface area contributed by atoms with Crippen molar-refractivity contribution in [2.45, 2.75) is 37.6 Å². The lowest BCUT2D eigenvalue weighted by Gasteiger charge is -2.10. The molecule has 0 aromatic heterocycles. The number of carbonyl (C=O) groups is 1. The summed E-state index contributed by atoms with van der Waals surface area (Å²) in [5.74, 6) is 0.588. The summed E-state index contributed by atoms with van der Waals surface area (Å²) in [5.41, 5.74) is 2.06. The molecule has 1 amide bonds. The van der Waals surface area contributed by atoms with Gasteiger partial charge in [0.15, 0.2) is 0 Å². The number of carbonyl (C=O) groups excluding carboxylic acids is 1. The maximum atomic E-state index is 12.4. The lowest BCUT2D eigenvalue weighted by atomic mass is 10.1. The van der Waals surface area contributed by atoms with Crippen molar-refractivity contribution in [2.75, 3.05) is 6.54 Å². The Hall–Kier alpha value is -1.70. The molecule has 2 aromatic carbocycles. The van der Waals surface area contributed by atoms with Crippen molar-refractivity contribution >= 4 is 31.9 Å². The van der Waals surface area contributed by atoms with Gasteiger partial charge in [0.25, 0.3) is 0 Å². The van der Waals surface area contributed by atoms with Gasteiger partial charge in [0, 0.05) is 23.5 Å². The van der Waals surface area contributed by atoms with Gasteiger partial charge >= 0.3 is 0 Å². The molecule has 28 heavy (non-hydrogen) atoms. The van der Waals surface area contributed by atoms with E-state index in [2.05, 4.69) is 38.1 Å². The number of rotatable bonds is 8. The minimum Gasteiger partial charge on any atom is -0.352 e. The van der Waals surface area contributed by atoms with Crippen LogP contribution in [0.25, 0.3) is 0 Å². The van der Waals surface area contributed by atoms with Gasteiger partial charge in [0.1, 0.15) is 0 Å². The second-order valence-electron chi connectivity index (χ2n) is 7.61. The normalized spacial score (nSPS) is 18.9. The molecule has 0 bridgehead atoms. The van der Waals surface area contributed by atoms with E-state index in [1.165, 1.54) is 5.56 Å². The third-order valence-corrected chi connectivity index (χ3v) is 6.78. The van der Waals surface area contributed by atoms with Crippen molar-refractivity contribution in [2.24, 2.45) is 11.8 Å². The van der Waals surface area contributed by atoms with E-state index in [-0.39, 0.29) is 28.6 Å². The Morgan fingerprint density at radius 1 is 1.11 bits per heavy atom. The molecule has 0 saturated heterocycles. The largest absolute Gasteiger partial charge is 0.352 e. The van der Waals surface area contributed by atoms with E-state index in [4.69, 9.17) is 0 Å². The zero-order chi connectivity index (χ0) is 20.3. The van der Waals surface area contributed by atoms with E-state index in [1.807, 2.05) is 26.0 Å². The standard InChI is InChI=1S/C21H25BrN2O3S/c1-14(2)12-24-28(26,27)18-9-3-15(4-10-18)13-23-21(25)20-11-19(20)16-5-7-17(22)8-6-16/h3-10,14,19-20,24H,11-13H2,1-2H3,(H,23,25)/t19-,20+/m0/s1. The van der Waals surface area contributed by atoms with Gasteiger partial charge in [0.2, 0.25) is 15.9 Å². The zero-order valence-electron chi connectivity index (χ0n) is 16.0. The van der Waals surface area contributed by atoms with Crippen LogP contribution in [-0.4, -0.2) is 20.9 Å². The molecule has 1 saturated carbocycles. The molecule has 2 aromatic rings. The van der Waals surface area contributed by atoms with Gasteiger partial charge < -0.3 is 5.32 Å². The molecule has 0 spiro atoms. The highest BCUT2D eigenvalue weighted by Gasteiger charge is 2.43. The van der Waals surface area contributed by atoms with Gasteiger partial charge in [-0.15, -0.1) is 0 Å². The summed E-state index contributed by atoms with van der Waals surface area (Å²) in [7, 11) is -3.49. The molecule has 1 aliphatic carbocycles. The fraction of sp³-hybridized carbons (Fsp3) is 0.381. The van der Waals surface area contributed by atoms with Crippen LogP contribution in [0.1, 0.15) is 37.3 Å². The SMILES string of the molecule is CC(C)CNS(=O)(=O)c1ccc(CNC(=O)[C@@H]2C[C@H]2c2ccc(Br)cc2)cc1. The van der Waals surface area contributed by atoms with Crippen molar-refractivity contribution in [1.82, 2.24) is 10.0 Å². The molecule has 0 heterocycles. The fourth-order valence-corrected chi connectivity index (χ4v) is 4.51. The van der Waals surface area contributed by atoms with Crippen molar-refractivity contribution in [3.05, 3.63) is 64.1 Å². The second kappa shape index (κ2) is 8.76. The molecule has 5 nitrogen and oxygen atoms in total. The third kappa shape index (κ3) is 5.43. The van der Waals surface area contributed by atoms with E-state index in [0.29, 0.717) is 13.1 Å². The Morgan fingerprint density at radius 2 is 1.75 bits per heavy atom. The maximum Gasteiger partial charge on any atom is 0.240 e. The lowest BCUT2D eigenvalue weighted by molar-refractivity contribution is -0.122. The van der Waals surface area contributed by atoms with Gasteiger partial charge in [-0.2, -0.15) is 0 Å². The average molecular weight is 465 g/mol. The quantitative estimate of drug-likeness (QED) is 0.623. The molecule has 3 rings (SSSR count). The topological polar surface area (TPSA) is 75.3 Å². The van der Waals surface area contributed by atoms with Crippen LogP contribution in [-0.2, 0) is 21.4 Å². The first-order valence-corrected chi connectivity index (χ1v) is 11.7. The molecule has 150 valence electrons. The van der Waals surface area contributed by atoms with Gasteiger partial charge in [0.05, 0.1) is 4.90 Å². The Morgan fingerprint density at radius 3 is 2.36 bits per heavy atom. The molecular formula is C21H25BrN2O3S. The van der Waals surface area contributed by atoms with Crippen LogP contribution >= 0.6 is 15.9 Å². The summed E-state index contributed by atoms with van der Waals surface area (Å²) in [6, 6.07) is 14.7. The van der Waals surface area contributed by atoms with Gasteiger partial charge in [-0.1, -0.05) is 54.0 Å². The number of sulfonamides is 1. The summed E-state index contributed by atoms with van der Waals surface area (Å²) >= 11 is 3.42. The molecule has 2 N–H and O–H groups in total. The number of benzene rings is 2. The van der Waals surface area contributed by atoms with E-state index < -0.39 is 10.0 Å². The minimum atomic E-state index is -3.49. The van der Waals surface area contributed by atoms with Gasteiger partial charge in [-0.3, -0.25) is 4.79 Å². The average Bonchev–Trinajstić information content (AvgIpc) is 3.46. The zero-order valence-corrected chi connectivity index (χ0v) is 18.4. The molecule has 2 atom stereocenters. The second-order valence-corrected chi connectivity index (χ2v) is 10.3. The summed E-state index contributed by atoms with van der Waals surface area (Å²) < 4.78 is 28.1. The number of nitrogens with one attached hydrogen (secondary N) is 2. The predicted molar refractivity (Wildman–Crippen MR) is 113 cm³/mol. The highest BCUT2D eigenvalue weighted by Crippen LogP contribution is 2.47. The summed E-state index contributed by atoms with van der Waals surface area (Å²) in [4.78, 5) is 12.6. The van der Waals surface area contributed by atoms with Crippen LogP contribution in [0.2, 0.25) is 0 Å². The fourth-order valence-electron chi connectivity index (χ4n) is 3.03. The Kier molecular flexibility index (Phi) is 6.58. The molecule has 1 fully saturated rings. The van der Waals surface area contributed by atoms with Crippen LogP contribution < -0.4 is 10.0 Å². The highest BCUT2D eigenvalue weighted by molar-refractivity contribution is 9.10. The Bertz CT molecular complexity index is 925. The van der Waals surface area contributed by atoms with Crippen molar-refractivity contribution in [3.8, 4) is 0 Å². The van der Waals surface area contributed by atoms with Crippen molar-refractivity contribution in [1.29, 1.82) is 0 Å². The first kappa shape index (κ1) is 21.0. The number of amides is 1. The molecule has 0 aliphatic heterocycles. The Labute approximate surface area is 175 Å². The van der Waals surface area contributed by atoms with Gasteiger partial charge in [-0.05, 0) is 53.6 Å². The van der Waals surface area contributed by atoms with Crippen LogP contribution in [0.5, 0.6) is 0 Å². The highest BCUT2D eigenvalue weighted by atomic mass is 79.9. The summed E-state index contributed by atoms with van der Waals surface area (Å²) in [6.07, 6.45) is 0.867. The van der Waals surface area contributed by atoms with Gasteiger partial charge in [-0.25, -0.2) is 13.1 Å². The van der Waals surface area contributed by atoms with Crippen LogP contribution in [0.4, 0.5) is 0 Å². The first-order valence-electron chi connectivity index (χ1n) is 9.38. The number of hydrogen-bond acceptors (Lipinski definition) is 3. The van der Waals surface area contributed by atoms with Crippen molar-refractivity contribution in [3.63, 3.8) is 0 Å². The molecular weight excluding hydrogens is 440 g/mol. The minimum absolute atomic E-state index is 0.0149. The molecule has 0 radical (unpaired) electrons. The maximum absolute atomic E-state index is 12.4. The molecule has 0 unspecified atom stereocenters. The number of hydrogen-bond donors (Lipinski definition) is 2. The van der Waals surface area contributed by atoms with E-state index in [9.17, 15) is 13.2 Å². The summed E-state index contributed by atoms with van der Waals surface area (Å²) in [6.45, 7) is 4.70. The van der Waals surface area contributed by atoms with Crippen LogP contribution in [0.3, 0.4) is 0 Å². The molecule has 7 heteroatoms. The Balaban J connectivity index is 1.51. The number of halogens is 1. The summed E-state index contributed by atoms with van der Waals surface area (Å²) in [5, 5.41) is 2.96. The smallest absolute Gasteiger partial charge is 0.240 e. The van der Waals surface area contributed by atoms with Crippen molar-refractivity contribution < 1.29 is 13.2 Å². The monoisotopic (exact) mass is 464 g/mol. The van der Waals surface area contributed by atoms with Crippen LogP contribution in [0, 0.1) is 11.8 Å². The lowest BCUT2D eigenvalue weighted by Crippen LogP contribution is -2.27.